The molecule has 0 saturated carbocycles. The topological polar surface area (TPSA) is 75.7 Å². The number of para-hydroxylation sites is 2. The Hall–Kier alpha value is -2.77. The highest BCUT2D eigenvalue weighted by Gasteiger charge is 2.36. The summed E-state index contributed by atoms with van der Waals surface area (Å²) >= 11 is 6.88. The Balaban J connectivity index is 1.71. The number of benzene rings is 2. The maximum absolute atomic E-state index is 12.6. The molecule has 144 valence electrons. The van der Waals surface area contributed by atoms with Crippen molar-refractivity contribution in [3.05, 3.63) is 64.0 Å². The first-order valence-electron chi connectivity index (χ1n) is 8.51. The average Bonchev–Trinajstić information content (AvgIpc) is 2.93. The van der Waals surface area contributed by atoms with E-state index in [0.29, 0.717) is 28.6 Å². The zero-order chi connectivity index (χ0) is 20.1. The summed E-state index contributed by atoms with van der Waals surface area (Å²) in [7, 11) is 0. The van der Waals surface area contributed by atoms with Crippen LogP contribution in [-0.2, 0) is 9.59 Å². The Morgan fingerprint density at radius 2 is 1.89 bits per heavy atom. The summed E-state index contributed by atoms with van der Waals surface area (Å²) in [5.41, 5.74) is 1.11. The van der Waals surface area contributed by atoms with Crippen molar-refractivity contribution in [3.8, 4) is 5.75 Å². The van der Waals surface area contributed by atoms with Gasteiger partial charge in [0, 0.05) is 5.02 Å². The predicted molar refractivity (Wildman–Crippen MR) is 110 cm³/mol. The lowest BCUT2D eigenvalue weighted by atomic mass is 10.2. The first kappa shape index (κ1) is 20.0. The Kier molecular flexibility index (Phi) is 6.38. The van der Waals surface area contributed by atoms with E-state index in [1.165, 1.54) is 0 Å². The van der Waals surface area contributed by atoms with Crippen LogP contribution in [0.3, 0.4) is 0 Å². The van der Waals surface area contributed by atoms with Crippen molar-refractivity contribution in [2.75, 3.05) is 18.5 Å². The van der Waals surface area contributed by atoms with Crippen LogP contribution in [0.15, 0.2) is 53.4 Å². The van der Waals surface area contributed by atoms with Gasteiger partial charge in [0.15, 0.2) is 0 Å². The molecule has 0 atom stereocenters. The molecule has 28 heavy (non-hydrogen) atoms. The van der Waals surface area contributed by atoms with E-state index in [9.17, 15) is 14.4 Å². The molecule has 0 bridgehead atoms. The molecule has 0 unspecified atom stereocenters. The molecule has 1 fully saturated rings. The quantitative estimate of drug-likeness (QED) is 0.706. The molecular formula is C20H17ClN2O4S. The zero-order valence-electron chi connectivity index (χ0n) is 15.0. The lowest BCUT2D eigenvalue weighted by Crippen LogP contribution is -2.36. The summed E-state index contributed by atoms with van der Waals surface area (Å²) in [5, 5.41) is 2.65. The van der Waals surface area contributed by atoms with Crippen LogP contribution in [0.2, 0.25) is 5.02 Å². The molecule has 0 spiro atoms. The van der Waals surface area contributed by atoms with Crippen LogP contribution in [0.25, 0.3) is 6.08 Å². The molecule has 0 aromatic heterocycles. The van der Waals surface area contributed by atoms with Gasteiger partial charge >= 0.3 is 0 Å². The van der Waals surface area contributed by atoms with E-state index in [4.69, 9.17) is 16.3 Å². The number of amides is 3. The van der Waals surface area contributed by atoms with Crippen LogP contribution in [0.1, 0.15) is 12.5 Å². The van der Waals surface area contributed by atoms with Crippen LogP contribution in [0.4, 0.5) is 10.5 Å². The van der Waals surface area contributed by atoms with Gasteiger partial charge in [0.25, 0.3) is 11.1 Å². The highest BCUT2D eigenvalue weighted by molar-refractivity contribution is 8.18. The minimum Gasteiger partial charge on any atom is -0.492 e. The first-order chi connectivity index (χ1) is 13.5. The third-order valence-corrected chi connectivity index (χ3v) is 5.08. The van der Waals surface area contributed by atoms with Gasteiger partial charge in [0.2, 0.25) is 5.91 Å². The summed E-state index contributed by atoms with van der Waals surface area (Å²) in [6.07, 6.45) is 1.55. The monoisotopic (exact) mass is 416 g/mol. The number of nitrogens with one attached hydrogen (secondary N) is 1. The van der Waals surface area contributed by atoms with E-state index >= 15 is 0 Å². The van der Waals surface area contributed by atoms with E-state index in [2.05, 4.69) is 5.32 Å². The van der Waals surface area contributed by atoms with Crippen LogP contribution in [-0.4, -0.2) is 35.1 Å². The van der Waals surface area contributed by atoms with Crippen LogP contribution >= 0.6 is 23.4 Å². The Morgan fingerprint density at radius 1 is 1.18 bits per heavy atom. The first-order valence-corrected chi connectivity index (χ1v) is 9.70. The van der Waals surface area contributed by atoms with E-state index in [1.54, 1.807) is 54.6 Å². The molecule has 8 heteroatoms. The number of carbonyl (C=O) groups excluding carboxylic acids is 3. The lowest BCUT2D eigenvalue weighted by molar-refractivity contribution is -0.127. The molecule has 3 rings (SSSR count). The number of nitrogens with zero attached hydrogens (tertiary/aromatic N) is 1. The summed E-state index contributed by atoms with van der Waals surface area (Å²) in [6.45, 7) is 1.90. The van der Waals surface area contributed by atoms with Gasteiger partial charge in [-0.1, -0.05) is 41.9 Å². The van der Waals surface area contributed by atoms with Gasteiger partial charge in [-0.2, -0.15) is 0 Å². The number of anilines is 1. The number of ether oxygens (including phenoxy) is 1. The minimum atomic E-state index is -0.525. The van der Waals surface area contributed by atoms with Gasteiger partial charge in [-0.15, -0.1) is 0 Å². The van der Waals surface area contributed by atoms with Crippen molar-refractivity contribution in [3.63, 3.8) is 0 Å². The van der Waals surface area contributed by atoms with Crippen LogP contribution in [0, 0.1) is 0 Å². The molecule has 1 aliphatic heterocycles. The summed E-state index contributed by atoms with van der Waals surface area (Å²) in [5.74, 6) is -0.497. The molecule has 1 saturated heterocycles. The van der Waals surface area contributed by atoms with Crippen molar-refractivity contribution >= 4 is 52.2 Å². The maximum Gasteiger partial charge on any atom is 0.294 e. The number of rotatable bonds is 6. The highest BCUT2D eigenvalue weighted by Crippen LogP contribution is 2.33. The molecule has 0 aliphatic carbocycles. The average molecular weight is 417 g/mol. The van der Waals surface area contributed by atoms with E-state index < -0.39 is 17.1 Å². The molecule has 0 radical (unpaired) electrons. The second-order valence-corrected chi connectivity index (χ2v) is 7.17. The fourth-order valence-corrected chi connectivity index (χ4v) is 3.57. The SMILES string of the molecule is CCOc1ccccc1NC(=O)CN1C(=O)S/C(=C\c2ccccc2Cl)C1=O. The summed E-state index contributed by atoms with van der Waals surface area (Å²) in [4.78, 5) is 38.3. The number of carbonyl (C=O) groups is 3. The van der Waals surface area contributed by atoms with E-state index in [0.717, 1.165) is 16.7 Å². The highest BCUT2D eigenvalue weighted by atomic mass is 35.5. The van der Waals surface area contributed by atoms with Crippen molar-refractivity contribution < 1.29 is 19.1 Å². The fraction of sp³-hybridized carbons (Fsp3) is 0.150. The Labute approximate surface area is 171 Å². The number of hydrogen-bond acceptors (Lipinski definition) is 5. The third-order valence-electron chi connectivity index (χ3n) is 3.83. The van der Waals surface area contributed by atoms with Crippen molar-refractivity contribution in [1.82, 2.24) is 4.90 Å². The Morgan fingerprint density at radius 3 is 2.64 bits per heavy atom. The molecule has 1 N–H and O–H groups in total. The summed E-state index contributed by atoms with van der Waals surface area (Å²) in [6, 6.07) is 14.0. The number of halogens is 1. The van der Waals surface area contributed by atoms with Gasteiger partial charge in [-0.25, -0.2) is 0 Å². The molecule has 1 aliphatic rings. The van der Waals surface area contributed by atoms with E-state index in [-0.39, 0.29) is 11.4 Å². The molecule has 2 aromatic rings. The van der Waals surface area contributed by atoms with Crippen LogP contribution in [0.5, 0.6) is 5.75 Å². The second-order valence-electron chi connectivity index (χ2n) is 5.77. The van der Waals surface area contributed by atoms with Crippen molar-refractivity contribution in [1.29, 1.82) is 0 Å². The van der Waals surface area contributed by atoms with Crippen molar-refractivity contribution in [2.24, 2.45) is 0 Å². The van der Waals surface area contributed by atoms with Crippen LogP contribution < -0.4 is 10.1 Å². The van der Waals surface area contributed by atoms with Gasteiger partial charge in [-0.05, 0) is 48.5 Å². The number of imide groups is 1. The molecule has 2 aromatic carbocycles. The number of thioether (sulfide) groups is 1. The van der Waals surface area contributed by atoms with Gasteiger partial charge < -0.3 is 10.1 Å². The maximum atomic E-state index is 12.6. The third kappa shape index (κ3) is 4.55. The second kappa shape index (κ2) is 8.95. The smallest absolute Gasteiger partial charge is 0.294 e. The largest absolute Gasteiger partial charge is 0.492 e. The van der Waals surface area contributed by atoms with Gasteiger partial charge in [0.05, 0.1) is 17.2 Å². The minimum absolute atomic E-state index is 0.223. The molecule has 1 heterocycles. The van der Waals surface area contributed by atoms with Gasteiger partial charge in [-0.3, -0.25) is 19.3 Å². The Bertz CT molecular complexity index is 961. The van der Waals surface area contributed by atoms with Gasteiger partial charge in [0.1, 0.15) is 12.3 Å². The van der Waals surface area contributed by atoms with Crippen molar-refractivity contribution in [2.45, 2.75) is 6.92 Å². The summed E-state index contributed by atoms with van der Waals surface area (Å²) < 4.78 is 5.46. The lowest BCUT2D eigenvalue weighted by Gasteiger charge is -2.14. The molecular weight excluding hydrogens is 400 g/mol. The van der Waals surface area contributed by atoms with E-state index in [1.807, 2.05) is 6.92 Å². The molecule has 3 amide bonds. The zero-order valence-corrected chi connectivity index (χ0v) is 16.5. The predicted octanol–water partition coefficient (Wildman–Crippen LogP) is 4.41. The number of hydrogen-bond donors (Lipinski definition) is 1. The normalized spacial score (nSPS) is 15.2. The fourth-order valence-electron chi connectivity index (χ4n) is 2.55. The standard InChI is InChI=1S/C20H17ClN2O4S/c1-2-27-16-10-6-5-9-15(16)22-18(24)12-23-19(25)17(28-20(23)26)11-13-7-3-4-8-14(13)21/h3-11H,2,12H2,1H3,(H,22,24)/b17-11-. The molecule has 6 nitrogen and oxygen atoms in total.